The minimum absolute atomic E-state index is 0.267. The van der Waals surface area contributed by atoms with Gasteiger partial charge in [-0.05, 0) is 47.9 Å². The van der Waals surface area contributed by atoms with Crippen molar-refractivity contribution in [3.8, 4) is 0 Å². The molecule has 0 aromatic heterocycles. The van der Waals surface area contributed by atoms with E-state index in [1.807, 2.05) is 30.3 Å². The Hall–Kier alpha value is -3.73. The summed E-state index contributed by atoms with van der Waals surface area (Å²) in [5.41, 5.74) is 4.00. The predicted molar refractivity (Wildman–Crippen MR) is 107 cm³/mol. The van der Waals surface area contributed by atoms with E-state index in [0.717, 1.165) is 16.9 Å². The maximum Gasteiger partial charge on any atom is 0.261 e. The van der Waals surface area contributed by atoms with Gasteiger partial charge in [-0.25, -0.2) is 0 Å². The lowest BCUT2D eigenvalue weighted by Crippen LogP contribution is -2.24. The topological polar surface area (TPSA) is 66.5 Å². The minimum atomic E-state index is -0.360. The highest BCUT2D eigenvalue weighted by molar-refractivity contribution is 6.21. The molecule has 1 heterocycles. The molecule has 4 rings (SSSR count). The molecule has 0 spiro atoms. The van der Waals surface area contributed by atoms with E-state index in [-0.39, 0.29) is 17.7 Å². The maximum absolute atomic E-state index is 12.5. The van der Waals surface area contributed by atoms with Gasteiger partial charge in [0.15, 0.2) is 0 Å². The molecule has 0 saturated heterocycles. The van der Waals surface area contributed by atoms with Crippen LogP contribution in [-0.2, 0) is 6.42 Å². The largest absolute Gasteiger partial charge is 0.322 e. The molecule has 3 aromatic rings. The second-order valence-electron chi connectivity index (χ2n) is 6.74. The van der Waals surface area contributed by atoms with E-state index in [4.69, 9.17) is 0 Å². The molecule has 3 amide bonds. The smallest absolute Gasteiger partial charge is 0.261 e. The molecule has 0 bridgehead atoms. The first kappa shape index (κ1) is 17.7. The van der Waals surface area contributed by atoms with Gasteiger partial charge in [-0.3, -0.25) is 19.3 Å². The van der Waals surface area contributed by atoms with Crippen LogP contribution >= 0.6 is 0 Å². The fourth-order valence-corrected chi connectivity index (χ4v) is 3.25. The Bertz CT molecular complexity index is 1070. The van der Waals surface area contributed by atoms with Gasteiger partial charge < -0.3 is 5.32 Å². The van der Waals surface area contributed by atoms with E-state index in [2.05, 4.69) is 17.4 Å². The number of imide groups is 1. The van der Waals surface area contributed by atoms with Crippen LogP contribution in [0.1, 0.15) is 42.2 Å². The van der Waals surface area contributed by atoms with Crippen molar-refractivity contribution >= 4 is 23.4 Å². The summed E-state index contributed by atoms with van der Waals surface area (Å²) < 4.78 is 0. The number of hydrogen-bond acceptors (Lipinski definition) is 3. The van der Waals surface area contributed by atoms with Crippen LogP contribution in [0.3, 0.4) is 0 Å². The number of carbonyl (C=O) groups is 3. The molecule has 0 radical (unpaired) electrons. The fraction of sp³-hybridized carbons (Fsp3) is 0.0870. The molecule has 0 atom stereocenters. The van der Waals surface area contributed by atoms with Crippen molar-refractivity contribution in [2.45, 2.75) is 6.42 Å². The summed E-state index contributed by atoms with van der Waals surface area (Å²) in [6, 6.07) is 22.3. The molecule has 0 unspecified atom stereocenters. The lowest BCUT2D eigenvalue weighted by atomic mass is 10.0. The highest BCUT2D eigenvalue weighted by atomic mass is 16.2. The van der Waals surface area contributed by atoms with Gasteiger partial charge in [0.25, 0.3) is 17.7 Å². The average molecular weight is 370 g/mol. The van der Waals surface area contributed by atoms with E-state index >= 15 is 0 Å². The Balaban J connectivity index is 1.47. The van der Waals surface area contributed by atoms with Crippen molar-refractivity contribution in [2.75, 3.05) is 12.4 Å². The second kappa shape index (κ2) is 7.12. The van der Waals surface area contributed by atoms with Gasteiger partial charge >= 0.3 is 0 Å². The number of fused-ring (bicyclic) bond motifs is 1. The highest BCUT2D eigenvalue weighted by Crippen LogP contribution is 2.25. The minimum Gasteiger partial charge on any atom is -0.322 e. The van der Waals surface area contributed by atoms with E-state index in [1.54, 1.807) is 30.3 Å². The molecule has 3 aromatic carbocycles. The van der Waals surface area contributed by atoms with E-state index in [9.17, 15) is 14.4 Å². The molecule has 1 N–H and O–H groups in total. The molecule has 0 saturated carbocycles. The molecule has 28 heavy (non-hydrogen) atoms. The van der Waals surface area contributed by atoms with E-state index in [1.165, 1.54) is 12.6 Å². The van der Waals surface area contributed by atoms with Crippen LogP contribution in [0.4, 0.5) is 5.69 Å². The van der Waals surface area contributed by atoms with Crippen LogP contribution in [0.5, 0.6) is 0 Å². The van der Waals surface area contributed by atoms with Crippen molar-refractivity contribution in [1.82, 2.24) is 4.90 Å². The lowest BCUT2D eigenvalue weighted by Gasteiger charge is -2.07. The molecule has 5 heteroatoms. The molecule has 1 aliphatic heterocycles. The quantitative estimate of drug-likeness (QED) is 0.711. The SMILES string of the molecule is CN1C(=O)c2ccc(NC(=O)c3ccc(Cc4ccccc4)cc3)cc2C1=O. The lowest BCUT2D eigenvalue weighted by molar-refractivity contribution is 0.0692. The molecular formula is C23H18N2O3. The Morgan fingerprint density at radius 1 is 0.821 bits per heavy atom. The maximum atomic E-state index is 12.5. The molecular weight excluding hydrogens is 352 g/mol. The number of carbonyl (C=O) groups excluding carboxylic acids is 3. The summed E-state index contributed by atoms with van der Waals surface area (Å²) in [6.45, 7) is 0. The first-order chi connectivity index (χ1) is 13.5. The zero-order valence-corrected chi connectivity index (χ0v) is 15.3. The zero-order valence-electron chi connectivity index (χ0n) is 15.3. The second-order valence-corrected chi connectivity index (χ2v) is 6.74. The van der Waals surface area contributed by atoms with Crippen molar-refractivity contribution in [3.05, 3.63) is 101 Å². The number of hydrogen-bond donors (Lipinski definition) is 1. The number of nitrogens with zero attached hydrogens (tertiary/aromatic N) is 1. The monoisotopic (exact) mass is 370 g/mol. The third-order valence-electron chi connectivity index (χ3n) is 4.81. The van der Waals surface area contributed by atoms with Gasteiger partial charge in [0, 0.05) is 18.3 Å². The van der Waals surface area contributed by atoms with Crippen LogP contribution in [-0.4, -0.2) is 29.7 Å². The molecule has 1 aliphatic rings. The normalized spacial score (nSPS) is 12.8. The number of amides is 3. The van der Waals surface area contributed by atoms with Crippen LogP contribution in [0.25, 0.3) is 0 Å². The third kappa shape index (κ3) is 3.30. The Morgan fingerprint density at radius 3 is 2.18 bits per heavy atom. The Kier molecular flexibility index (Phi) is 4.49. The number of nitrogens with one attached hydrogen (secondary N) is 1. The van der Waals surface area contributed by atoms with Crippen molar-refractivity contribution in [2.24, 2.45) is 0 Å². The molecule has 0 aliphatic carbocycles. The number of rotatable bonds is 4. The Labute approximate surface area is 162 Å². The average Bonchev–Trinajstić information content (AvgIpc) is 2.93. The van der Waals surface area contributed by atoms with Crippen LogP contribution in [0, 0.1) is 0 Å². The summed E-state index contributed by atoms with van der Waals surface area (Å²) in [7, 11) is 1.44. The first-order valence-corrected chi connectivity index (χ1v) is 8.93. The summed E-state index contributed by atoms with van der Waals surface area (Å²) in [4.78, 5) is 37.6. The van der Waals surface area contributed by atoms with Gasteiger partial charge in [0.1, 0.15) is 0 Å². The van der Waals surface area contributed by atoms with Crippen molar-refractivity contribution < 1.29 is 14.4 Å². The van der Waals surface area contributed by atoms with Gasteiger partial charge in [0.2, 0.25) is 0 Å². The molecule has 0 fully saturated rings. The molecule has 5 nitrogen and oxygen atoms in total. The summed E-state index contributed by atoms with van der Waals surface area (Å²) in [6.07, 6.45) is 0.803. The van der Waals surface area contributed by atoms with E-state index in [0.29, 0.717) is 22.4 Å². The van der Waals surface area contributed by atoms with Gasteiger partial charge in [-0.15, -0.1) is 0 Å². The van der Waals surface area contributed by atoms with Crippen LogP contribution < -0.4 is 5.32 Å². The van der Waals surface area contributed by atoms with Gasteiger partial charge in [-0.1, -0.05) is 42.5 Å². The first-order valence-electron chi connectivity index (χ1n) is 8.93. The predicted octanol–water partition coefficient (Wildman–Crippen LogP) is 3.76. The standard InChI is InChI=1S/C23H18N2O3/c1-25-22(27)19-12-11-18(14-20(19)23(25)28)24-21(26)17-9-7-16(8-10-17)13-15-5-3-2-4-6-15/h2-12,14H,13H2,1H3,(H,24,26). The number of benzene rings is 3. The third-order valence-corrected chi connectivity index (χ3v) is 4.81. The van der Waals surface area contributed by atoms with Crippen molar-refractivity contribution in [1.29, 1.82) is 0 Å². The Morgan fingerprint density at radius 2 is 1.46 bits per heavy atom. The van der Waals surface area contributed by atoms with Crippen LogP contribution in [0.15, 0.2) is 72.8 Å². The van der Waals surface area contributed by atoms with Crippen LogP contribution in [0.2, 0.25) is 0 Å². The van der Waals surface area contributed by atoms with Gasteiger partial charge in [0.05, 0.1) is 11.1 Å². The van der Waals surface area contributed by atoms with Gasteiger partial charge in [-0.2, -0.15) is 0 Å². The summed E-state index contributed by atoms with van der Waals surface area (Å²) in [5, 5.41) is 2.79. The molecule has 138 valence electrons. The van der Waals surface area contributed by atoms with E-state index < -0.39 is 0 Å². The number of anilines is 1. The summed E-state index contributed by atoms with van der Waals surface area (Å²) in [5.74, 6) is -0.954. The summed E-state index contributed by atoms with van der Waals surface area (Å²) >= 11 is 0. The highest BCUT2D eigenvalue weighted by Gasteiger charge is 2.32. The zero-order chi connectivity index (χ0) is 19.7. The fourth-order valence-electron chi connectivity index (χ4n) is 3.25. The van der Waals surface area contributed by atoms with Crippen molar-refractivity contribution in [3.63, 3.8) is 0 Å².